The number of aliphatic hydroxyl groups excluding tert-OH is 1. The molecule has 0 fully saturated rings. The molecule has 14 heavy (non-hydrogen) atoms. The van der Waals surface area contributed by atoms with Crippen molar-refractivity contribution in [1.29, 1.82) is 0 Å². The normalized spacial score (nSPS) is 28.9. The van der Waals surface area contributed by atoms with Crippen molar-refractivity contribution >= 4 is 16.9 Å². The van der Waals surface area contributed by atoms with Crippen LogP contribution in [0.5, 0.6) is 0 Å². The van der Waals surface area contributed by atoms with Crippen molar-refractivity contribution in [2.45, 2.75) is 38.9 Å². The third-order valence-corrected chi connectivity index (χ3v) is 3.74. The third-order valence-electron chi connectivity index (χ3n) is 2.52. The number of rotatable bonds is 2. The van der Waals surface area contributed by atoms with Crippen LogP contribution >= 0.6 is 11.8 Å². The molecule has 1 atom stereocenters. The van der Waals surface area contributed by atoms with E-state index in [2.05, 4.69) is 6.92 Å². The molecule has 0 aromatic carbocycles. The molecule has 1 heterocycles. The molecule has 3 heteroatoms. The number of allylic oxidation sites excluding steroid dienone is 1. The van der Waals surface area contributed by atoms with Crippen LogP contribution in [0.1, 0.15) is 34.1 Å². The minimum atomic E-state index is -0.540. The van der Waals surface area contributed by atoms with Crippen molar-refractivity contribution in [3.63, 3.8) is 0 Å². The van der Waals surface area contributed by atoms with E-state index in [4.69, 9.17) is 0 Å². The van der Waals surface area contributed by atoms with E-state index in [1.807, 2.05) is 19.9 Å². The lowest BCUT2D eigenvalue weighted by molar-refractivity contribution is -0.107. The highest BCUT2D eigenvalue weighted by Crippen LogP contribution is 2.43. The van der Waals surface area contributed by atoms with Crippen LogP contribution in [0.25, 0.3) is 0 Å². The quantitative estimate of drug-likeness (QED) is 0.714. The number of hydrogen-bond acceptors (Lipinski definition) is 3. The van der Waals surface area contributed by atoms with E-state index in [-0.39, 0.29) is 10.9 Å². The first-order valence-electron chi connectivity index (χ1n) is 4.72. The van der Waals surface area contributed by atoms with Crippen molar-refractivity contribution in [3.8, 4) is 0 Å². The average Bonchev–Trinajstić information content (AvgIpc) is 2.30. The van der Waals surface area contributed by atoms with Gasteiger partial charge in [0.15, 0.2) is 0 Å². The Morgan fingerprint density at radius 3 is 2.57 bits per heavy atom. The van der Waals surface area contributed by atoms with Crippen LogP contribution in [0.2, 0.25) is 0 Å². The van der Waals surface area contributed by atoms with Crippen LogP contribution in [-0.4, -0.2) is 15.0 Å². The second kappa shape index (κ2) is 3.81. The standard InChI is InChI=1S/C11H16O2S/c1-5-7(2)6-11(4)9(12)8(3)10(13)14-11/h6,12H,5H2,1-4H3/b7-6+/t11-/m1/s1. The number of thioether (sulfide) groups is 1. The van der Waals surface area contributed by atoms with Crippen molar-refractivity contribution in [3.05, 3.63) is 23.0 Å². The zero-order valence-electron chi connectivity index (χ0n) is 9.05. The molecule has 1 aliphatic rings. The van der Waals surface area contributed by atoms with Gasteiger partial charge in [0.25, 0.3) is 0 Å². The highest BCUT2D eigenvalue weighted by Gasteiger charge is 2.39. The monoisotopic (exact) mass is 212 g/mol. The largest absolute Gasteiger partial charge is 0.510 e. The molecule has 0 spiro atoms. The zero-order chi connectivity index (χ0) is 10.9. The van der Waals surface area contributed by atoms with Gasteiger partial charge in [-0.25, -0.2) is 0 Å². The van der Waals surface area contributed by atoms with Gasteiger partial charge in [0.05, 0.1) is 4.75 Å². The Kier molecular flexibility index (Phi) is 3.10. The Bertz CT molecular complexity index is 328. The number of carbonyl (C=O) groups excluding carboxylic acids is 1. The predicted molar refractivity (Wildman–Crippen MR) is 60.4 cm³/mol. The number of hydrogen-bond donors (Lipinski definition) is 1. The molecule has 0 aliphatic carbocycles. The van der Waals surface area contributed by atoms with Gasteiger partial charge >= 0.3 is 0 Å². The molecular weight excluding hydrogens is 196 g/mol. The van der Waals surface area contributed by atoms with Crippen molar-refractivity contribution in [2.24, 2.45) is 0 Å². The molecule has 0 aromatic heterocycles. The van der Waals surface area contributed by atoms with Gasteiger partial charge in [0.2, 0.25) is 5.12 Å². The van der Waals surface area contributed by atoms with Crippen LogP contribution < -0.4 is 0 Å². The SMILES string of the molecule is CC/C(C)=C/[C@@]1(C)SC(=O)C(C)=C1O. The Hall–Kier alpha value is -0.700. The van der Waals surface area contributed by atoms with Crippen molar-refractivity contribution < 1.29 is 9.90 Å². The summed E-state index contributed by atoms with van der Waals surface area (Å²) in [7, 11) is 0. The average molecular weight is 212 g/mol. The molecule has 0 saturated carbocycles. The summed E-state index contributed by atoms with van der Waals surface area (Å²) in [6.45, 7) is 7.62. The summed E-state index contributed by atoms with van der Waals surface area (Å²) >= 11 is 1.19. The fourth-order valence-corrected chi connectivity index (χ4v) is 2.60. The summed E-state index contributed by atoms with van der Waals surface area (Å²) in [6, 6.07) is 0. The van der Waals surface area contributed by atoms with Crippen molar-refractivity contribution in [2.75, 3.05) is 0 Å². The van der Waals surface area contributed by atoms with Crippen LogP contribution in [-0.2, 0) is 4.79 Å². The van der Waals surface area contributed by atoms with Gasteiger partial charge in [-0.15, -0.1) is 0 Å². The Labute approximate surface area is 89.1 Å². The maximum absolute atomic E-state index is 11.4. The molecular formula is C11H16O2S. The highest BCUT2D eigenvalue weighted by atomic mass is 32.2. The molecule has 0 radical (unpaired) electrons. The summed E-state index contributed by atoms with van der Waals surface area (Å²) in [5, 5.41) is 9.80. The van der Waals surface area contributed by atoms with E-state index in [0.717, 1.165) is 6.42 Å². The van der Waals surface area contributed by atoms with E-state index >= 15 is 0 Å². The van der Waals surface area contributed by atoms with E-state index in [1.54, 1.807) is 6.92 Å². The summed E-state index contributed by atoms with van der Waals surface area (Å²) in [5.74, 6) is 0.209. The molecule has 2 nitrogen and oxygen atoms in total. The topological polar surface area (TPSA) is 37.3 Å². The van der Waals surface area contributed by atoms with Crippen LogP contribution in [0.4, 0.5) is 0 Å². The maximum Gasteiger partial charge on any atom is 0.219 e. The van der Waals surface area contributed by atoms with Crippen LogP contribution in [0, 0.1) is 0 Å². The maximum atomic E-state index is 11.4. The summed E-state index contributed by atoms with van der Waals surface area (Å²) in [5.41, 5.74) is 1.67. The van der Waals surface area contributed by atoms with Gasteiger partial charge in [-0.05, 0) is 27.2 Å². The number of aliphatic hydroxyl groups is 1. The molecule has 0 saturated heterocycles. The molecule has 1 N–H and O–H groups in total. The predicted octanol–water partition coefficient (Wildman–Crippen LogP) is 3.21. The molecule has 0 amide bonds. The van der Waals surface area contributed by atoms with Crippen LogP contribution in [0.15, 0.2) is 23.0 Å². The van der Waals surface area contributed by atoms with Gasteiger partial charge < -0.3 is 5.11 Å². The summed E-state index contributed by atoms with van der Waals surface area (Å²) in [6.07, 6.45) is 2.91. The van der Waals surface area contributed by atoms with Gasteiger partial charge in [-0.2, -0.15) is 0 Å². The molecule has 1 aliphatic heterocycles. The third kappa shape index (κ3) is 1.87. The Morgan fingerprint density at radius 2 is 2.21 bits per heavy atom. The molecule has 0 unspecified atom stereocenters. The fraction of sp³-hybridized carbons (Fsp3) is 0.545. The summed E-state index contributed by atoms with van der Waals surface area (Å²) in [4.78, 5) is 11.4. The minimum absolute atomic E-state index is 0.0230. The fourth-order valence-electron chi connectivity index (χ4n) is 1.46. The van der Waals surface area contributed by atoms with Crippen LogP contribution in [0.3, 0.4) is 0 Å². The Morgan fingerprint density at radius 1 is 1.64 bits per heavy atom. The first-order chi connectivity index (χ1) is 6.40. The zero-order valence-corrected chi connectivity index (χ0v) is 9.86. The van der Waals surface area contributed by atoms with E-state index in [1.165, 1.54) is 17.3 Å². The minimum Gasteiger partial charge on any atom is -0.510 e. The molecule has 1 rings (SSSR count). The smallest absolute Gasteiger partial charge is 0.219 e. The van der Waals surface area contributed by atoms with Crippen molar-refractivity contribution in [1.82, 2.24) is 0 Å². The lowest BCUT2D eigenvalue weighted by atomic mass is 10.0. The van der Waals surface area contributed by atoms with Gasteiger partial charge in [-0.1, -0.05) is 30.3 Å². The van der Waals surface area contributed by atoms with Gasteiger partial charge in [0, 0.05) is 5.57 Å². The van der Waals surface area contributed by atoms with E-state index in [9.17, 15) is 9.90 Å². The second-order valence-corrected chi connectivity index (χ2v) is 5.24. The van der Waals surface area contributed by atoms with E-state index < -0.39 is 4.75 Å². The van der Waals surface area contributed by atoms with Gasteiger partial charge in [0.1, 0.15) is 5.76 Å². The lowest BCUT2D eigenvalue weighted by Gasteiger charge is -2.18. The lowest BCUT2D eigenvalue weighted by Crippen LogP contribution is -2.17. The first-order valence-corrected chi connectivity index (χ1v) is 5.54. The summed E-state index contributed by atoms with van der Waals surface area (Å²) < 4.78 is -0.540. The molecule has 0 aromatic rings. The number of carbonyl (C=O) groups is 1. The van der Waals surface area contributed by atoms with E-state index in [0.29, 0.717) is 5.57 Å². The molecule has 78 valence electrons. The highest BCUT2D eigenvalue weighted by molar-refractivity contribution is 8.16. The Balaban J connectivity index is 3.06. The second-order valence-electron chi connectivity index (χ2n) is 3.81. The van der Waals surface area contributed by atoms with Gasteiger partial charge in [-0.3, -0.25) is 4.79 Å². The first kappa shape index (κ1) is 11.4. The molecule has 0 bridgehead atoms.